The van der Waals surface area contributed by atoms with E-state index in [4.69, 9.17) is 4.74 Å². The van der Waals surface area contributed by atoms with Crippen LogP contribution in [0.25, 0.3) is 10.4 Å². The third-order valence-corrected chi connectivity index (χ3v) is 5.54. The highest BCUT2D eigenvalue weighted by molar-refractivity contribution is 7.15. The Bertz CT molecular complexity index is 662. The number of carbonyl (C=O) groups excluding carboxylic acids is 1. The molecular formula is C18H22N2O2S. The lowest BCUT2D eigenvalue weighted by atomic mass is 9.88. The van der Waals surface area contributed by atoms with Crippen LogP contribution in [-0.4, -0.2) is 26.1 Å². The first-order valence-corrected chi connectivity index (χ1v) is 8.70. The van der Waals surface area contributed by atoms with Gasteiger partial charge in [-0.05, 0) is 61.0 Å². The number of amides is 1. The van der Waals surface area contributed by atoms with Crippen LogP contribution < -0.4 is 15.4 Å². The van der Waals surface area contributed by atoms with E-state index in [-0.39, 0.29) is 11.8 Å². The largest absolute Gasteiger partial charge is 0.497 e. The van der Waals surface area contributed by atoms with Gasteiger partial charge in [-0.15, -0.1) is 11.3 Å². The summed E-state index contributed by atoms with van der Waals surface area (Å²) in [6, 6.07) is 12.2. The van der Waals surface area contributed by atoms with Crippen molar-refractivity contribution in [2.24, 2.45) is 11.8 Å². The standard InChI is InChI=1S/C18H22N2O2S/c1-12(14-9-19-10-14)18(21)20-11-16-7-8-17(23-16)13-3-5-15(22-2)6-4-13/h3-8,12,14,19H,9-11H2,1-2H3,(H,20,21). The van der Waals surface area contributed by atoms with Gasteiger partial charge in [0.2, 0.25) is 5.91 Å². The van der Waals surface area contributed by atoms with Crippen LogP contribution in [0.1, 0.15) is 11.8 Å². The van der Waals surface area contributed by atoms with Gasteiger partial charge in [0.05, 0.1) is 13.7 Å². The maximum Gasteiger partial charge on any atom is 0.223 e. The molecule has 122 valence electrons. The summed E-state index contributed by atoms with van der Waals surface area (Å²) in [5.74, 6) is 1.57. The van der Waals surface area contributed by atoms with E-state index in [2.05, 4.69) is 34.9 Å². The van der Waals surface area contributed by atoms with Crippen LogP contribution in [0.15, 0.2) is 36.4 Å². The summed E-state index contributed by atoms with van der Waals surface area (Å²) in [6.45, 7) is 4.52. The summed E-state index contributed by atoms with van der Waals surface area (Å²) in [7, 11) is 1.67. The molecule has 2 N–H and O–H groups in total. The molecule has 1 fully saturated rings. The molecule has 1 aromatic carbocycles. The summed E-state index contributed by atoms with van der Waals surface area (Å²) in [6.07, 6.45) is 0. The number of thiophene rings is 1. The third-order valence-electron chi connectivity index (χ3n) is 4.41. The van der Waals surface area contributed by atoms with E-state index in [9.17, 15) is 4.79 Å². The van der Waals surface area contributed by atoms with E-state index < -0.39 is 0 Å². The Hall–Kier alpha value is -1.85. The normalized spacial score (nSPS) is 15.7. The Balaban J connectivity index is 1.57. The van der Waals surface area contributed by atoms with Gasteiger partial charge in [-0.3, -0.25) is 4.79 Å². The molecule has 1 saturated heterocycles. The highest BCUT2D eigenvalue weighted by Crippen LogP contribution is 2.29. The minimum atomic E-state index is 0.0808. The van der Waals surface area contributed by atoms with Crippen LogP contribution in [0.3, 0.4) is 0 Å². The van der Waals surface area contributed by atoms with Crippen molar-refractivity contribution in [2.75, 3.05) is 20.2 Å². The third kappa shape index (κ3) is 3.74. The number of rotatable bonds is 6. The first-order chi connectivity index (χ1) is 11.2. The number of nitrogens with one attached hydrogen (secondary N) is 2. The Labute approximate surface area is 140 Å². The SMILES string of the molecule is COc1ccc(-c2ccc(CNC(=O)C(C)C3CNC3)s2)cc1. The van der Waals surface area contributed by atoms with Gasteiger partial charge < -0.3 is 15.4 Å². The molecule has 1 aromatic heterocycles. The van der Waals surface area contributed by atoms with Crippen molar-refractivity contribution < 1.29 is 9.53 Å². The van der Waals surface area contributed by atoms with Crippen LogP contribution in [0.2, 0.25) is 0 Å². The van der Waals surface area contributed by atoms with Gasteiger partial charge in [0.1, 0.15) is 5.75 Å². The highest BCUT2D eigenvalue weighted by Gasteiger charge is 2.28. The molecule has 4 nitrogen and oxygen atoms in total. The van der Waals surface area contributed by atoms with E-state index in [0.717, 1.165) is 18.8 Å². The zero-order chi connectivity index (χ0) is 16.2. The molecule has 0 radical (unpaired) electrons. The molecule has 1 aliphatic heterocycles. The van der Waals surface area contributed by atoms with Crippen molar-refractivity contribution in [3.05, 3.63) is 41.3 Å². The van der Waals surface area contributed by atoms with Gasteiger partial charge in [0.15, 0.2) is 0 Å². The molecule has 1 atom stereocenters. The number of carbonyl (C=O) groups is 1. The molecule has 1 aliphatic rings. The zero-order valence-corrected chi connectivity index (χ0v) is 14.3. The molecule has 3 rings (SSSR count). The molecule has 0 bridgehead atoms. The van der Waals surface area contributed by atoms with Crippen molar-refractivity contribution in [1.29, 1.82) is 0 Å². The first kappa shape index (κ1) is 16.0. The van der Waals surface area contributed by atoms with Crippen LogP contribution in [0, 0.1) is 11.8 Å². The predicted molar refractivity (Wildman–Crippen MR) is 93.7 cm³/mol. The van der Waals surface area contributed by atoms with Gasteiger partial charge in [-0.1, -0.05) is 6.92 Å². The van der Waals surface area contributed by atoms with Gasteiger partial charge in [-0.2, -0.15) is 0 Å². The van der Waals surface area contributed by atoms with E-state index in [0.29, 0.717) is 12.5 Å². The number of ether oxygens (including phenoxy) is 1. The van der Waals surface area contributed by atoms with Crippen molar-refractivity contribution in [2.45, 2.75) is 13.5 Å². The van der Waals surface area contributed by atoms with Gasteiger partial charge >= 0.3 is 0 Å². The van der Waals surface area contributed by atoms with Gasteiger partial charge in [0, 0.05) is 15.7 Å². The minimum absolute atomic E-state index is 0.0808. The lowest BCUT2D eigenvalue weighted by Crippen LogP contribution is -2.49. The Morgan fingerprint density at radius 3 is 2.65 bits per heavy atom. The Kier molecular flexibility index (Phi) is 4.98. The van der Waals surface area contributed by atoms with E-state index in [1.807, 2.05) is 19.1 Å². The zero-order valence-electron chi connectivity index (χ0n) is 13.5. The van der Waals surface area contributed by atoms with Crippen molar-refractivity contribution in [3.8, 4) is 16.2 Å². The molecule has 2 heterocycles. The quantitative estimate of drug-likeness (QED) is 0.856. The van der Waals surface area contributed by atoms with E-state index in [1.165, 1.54) is 15.3 Å². The van der Waals surface area contributed by atoms with Crippen LogP contribution in [0.5, 0.6) is 5.75 Å². The molecule has 0 saturated carbocycles. The van der Waals surface area contributed by atoms with Crippen LogP contribution in [-0.2, 0) is 11.3 Å². The monoisotopic (exact) mass is 330 g/mol. The Morgan fingerprint density at radius 1 is 1.30 bits per heavy atom. The summed E-state index contributed by atoms with van der Waals surface area (Å²) in [5.41, 5.74) is 1.17. The molecule has 23 heavy (non-hydrogen) atoms. The molecule has 1 unspecified atom stereocenters. The number of hydrogen-bond acceptors (Lipinski definition) is 4. The second kappa shape index (κ2) is 7.15. The van der Waals surface area contributed by atoms with E-state index >= 15 is 0 Å². The average Bonchev–Trinajstić information content (AvgIpc) is 3.00. The maximum absolute atomic E-state index is 12.1. The molecule has 0 spiro atoms. The molecule has 0 aliphatic carbocycles. The highest BCUT2D eigenvalue weighted by atomic mass is 32.1. The fraction of sp³-hybridized carbons (Fsp3) is 0.389. The summed E-state index contributed by atoms with van der Waals surface area (Å²) in [4.78, 5) is 14.5. The second-order valence-electron chi connectivity index (χ2n) is 5.92. The molecule has 2 aromatic rings. The predicted octanol–water partition coefficient (Wildman–Crippen LogP) is 2.90. The van der Waals surface area contributed by atoms with Crippen LogP contribution >= 0.6 is 11.3 Å². The summed E-state index contributed by atoms with van der Waals surface area (Å²) in [5, 5.41) is 6.27. The summed E-state index contributed by atoms with van der Waals surface area (Å²) >= 11 is 1.71. The fourth-order valence-electron chi connectivity index (χ4n) is 2.60. The topological polar surface area (TPSA) is 50.4 Å². The van der Waals surface area contributed by atoms with Crippen molar-refractivity contribution in [3.63, 3.8) is 0 Å². The maximum atomic E-state index is 12.1. The second-order valence-corrected chi connectivity index (χ2v) is 7.09. The lowest BCUT2D eigenvalue weighted by Gasteiger charge is -2.31. The Morgan fingerprint density at radius 2 is 2.04 bits per heavy atom. The molecular weight excluding hydrogens is 308 g/mol. The minimum Gasteiger partial charge on any atom is -0.497 e. The van der Waals surface area contributed by atoms with Crippen molar-refractivity contribution >= 4 is 17.2 Å². The van der Waals surface area contributed by atoms with Gasteiger partial charge in [-0.25, -0.2) is 0 Å². The summed E-state index contributed by atoms with van der Waals surface area (Å²) < 4.78 is 5.18. The van der Waals surface area contributed by atoms with Crippen molar-refractivity contribution in [1.82, 2.24) is 10.6 Å². The smallest absolute Gasteiger partial charge is 0.223 e. The van der Waals surface area contributed by atoms with Crippen LogP contribution in [0.4, 0.5) is 0 Å². The number of hydrogen-bond donors (Lipinski definition) is 2. The number of methoxy groups -OCH3 is 1. The fourth-order valence-corrected chi connectivity index (χ4v) is 3.55. The average molecular weight is 330 g/mol. The molecule has 1 amide bonds. The molecule has 5 heteroatoms. The lowest BCUT2D eigenvalue weighted by molar-refractivity contribution is -0.126. The van der Waals surface area contributed by atoms with Gasteiger partial charge in [0.25, 0.3) is 0 Å². The first-order valence-electron chi connectivity index (χ1n) is 7.89. The van der Waals surface area contributed by atoms with E-state index in [1.54, 1.807) is 18.4 Å². The number of benzene rings is 1.